The third-order valence-electron chi connectivity index (χ3n) is 5.23. The molecule has 0 saturated carbocycles. The highest BCUT2D eigenvalue weighted by Crippen LogP contribution is 2.36. The fourth-order valence-electron chi connectivity index (χ4n) is 3.36. The second kappa shape index (κ2) is 7.87. The Hall–Kier alpha value is -2.86. The van der Waals surface area contributed by atoms with Crippen molar-refractivity contribution in [2.75, 3.05) is 0 Å². The molecular weight excluding hydrogens is 382 g/mol. The first-order valence-corrected chi connectivity index (χ1v) is 10.5. The van der Waals surface area contributed by atoms with Gasteiger partial charge in [-0.25, -0.2) is 0 Å². The molecule has 0 fully saturated rings. The van der Waals surface area contributed by atoms with Gasteiger partial charge >= 0.3 is 0 Å². The van der Waals surface area contributed by atoms with Crippen LogP contribution < -0.4 is 0 Å². The smallest absolute Gasteiger partial charge is 0.253 e. The average Bonchev–Trinajstić information content (AvgIpc) is 3.33. The van der Waals surface area contributed by atoms with E-state index in [-0.39, 0.29) is 0 Å². The molecule has 0 aliphatic carbocycles. The minimum absolute atomic E-state index is 0.437. The SMILES string of the molecule is Cc1cc(C)c(C)c(SCc2nnc(-c3c(-c4ccccc4)noc3C)o2)c1C. The summed E-state index contributed by atoms with van der Waals surface area (Å²) in [7, 11) is 0. The van der Waals surface area contributed by atoms with E-state index in [1.54, 1.807) is 11.8 Å². The zero-order valence-electron chi connectivity index (χ0n) is 17.2. The molecule has 148 valence electrons. The van der Waals surface area contributed by atoms with Crippen LogP contribution in [0.3, 0.4) is 0 Å². The number of rotatable bonds is 5. The normalized spacial score (nSPS) is 11.2. The summed E-state index contributed by atoms with van der Waals surface area (Å²) in [5, 5.41) is 12.7. The second-order valence-corrected chi connectivity index (χ2v) is 8.19. The van der Waals surface area contributed by atoms with E-state index in [9.17, 15) is 0 Å². The molecule has 0 atom stereocenters. The first-order chi connectivity index (χ1) is 14.0. The van der Waals surface area contributed by atoms with Gasteiger partial charge in [0.1, 0.15) is 17.0 Å². The van der Waals surface area contributed by atoms with Crippen LogP contribution in [0.2, 0.25) is 0 Å². The van der Waals surface area contributed by atoms with Crippen LogP contribution in [0, 0.1) is 34.6 Å². The molecule has 0 aliphatic rings. The second-order valence-electron chi connectivity index (χ2n) is 7.21. The molecule has 0 unspecified atom stereocenters. The van der Waals surface area contributed by atoms with Crippen molar-refractivity contribution < 1.29 is 8.94 Å². The maximum Gasteiger partial charge on any atom is 0.253 e. The van der Waals surface area contributed by atoms with Gasteiger partial charge in [0.25, 0.3) is 5.89 Å². The van der Waals surface area contributed by atoms with Gasteiger partial charge in [0.2, 0.25) is 5.89 Å². The molecule has 0 radical (unpaired) electrons. The van der Waals surface area contributed by atoms with Gasteiger partial charge in [-0.2, -0.15) is 0 Å². The van der Waals surface area contributed by atoms with Crippen molar-refractivity contribution in [3.05, 3.63) is 70.3 Å². The molecule has 0 N–H and O–H groups in total. The van der Waals surface area contributed by atoms with E-state index >= 15 is 0 Å². The summed E-state index contributed by atoms with van der Waals surface area (Å²) >= 11 is 1.74. The molecule has 2 heterocycles. The third-order valence-corrected chi connectivity index (χ3v) is 6.52. The number of aromatic nitrogens is 3. The first kappa shape index (κ1) is 19.5. The lowest BCUT2D eigenvalue weighted by atomic mass is 10.0. The topological polar surface area (TPSA) is 65.0 Å². The number of nitrogens with zero attached hydrogens (tertiary/aromatic N) is 3. The van der Waals surface area contributed by atoms with Crippen molar-refractivity contribution >= 4 is 11.8 Å². The van der Waals surface area contributed by atoms with E-state index in [0.717, 1.165) is 11.1 Å². The van der Waals surface area contributed by atoms with E-state index in [2.05, 4.69) is 49.1 Å². The highest BCUT2D eigenvalue weighted by atomic mass is 32.2. The maximum absolute atomic E-state index is 5.99. The predicted molar refractivity (Wildman–Crippen MR) is 115 cm³/mol. The monoisotopic (exact) mass is 405 g/mol. The molecule has 0 bridgehead atoms. The molecule has 0 aliphatic heterocycles. The maximum atomic E-state index is 5.99. The summed E-state index contributed by atoms with van der Waals surface area (Å²) in [5.41, 5.74) is 7.63. The van der Waals surface area contributed by atoms with Crippen molar-refractivity contribution in [2.45, 2.75) is 45.3 Å². The van der Waals surface area contributed by atoms with Crippen LogP contribution in [-0.4, -0.2) is 15.4 Å². The van der Waals surface area contributed by atoms with Gasteiger partial charge in [0.15, 0.2) is 0 Å². The highest BCUT2D eigenvalue weighted by molar-refractivity contribution is 7.98. The van der Waals surface area contributed by atoms with Gasteiger partial charge in [-0.05, 0) is 56.9 Å². The summed E-state index contributed by atoms with van der Waals surface area (Å²) in [5.74, 6) is 2.30. The standard InChI is InChI=1S/C23H23N3O2S/c1-13-11-14(2)16(4)22(15(13)3)29-12-19-24-25-23(27-19)20-17(5)28-26-21(20)18-9-7-6-8-10-18/h6-11H,12H2,1-5H3. The fraction of sp³-hybridized carbons (Fsp3) is 0.261. The number of aryl methyl sites for hydroxylation is 3. The van der Waals surface area contributed by atoms with Crippen LogP contribution in [-0.2, 0) is 5.75 Å². The summed E-state index contributed by atoms with van der Waals surface area (Å²) in [6.07, 6.45) is 0. The molecule has 6 heteroatoms. The van der Waals surface area contributed by atoms with E-state index in [1.165, 1.54) is 27.1 Å². The van der Waals surface area contributed by atoms with Crippen LogP contribution in [0.25, 0.3) is 22.7 Å². The lowest BCUT2D eigenvalue weighted by molar-refractivity contribution is 0.399. The number of hydrogen-bond donors (Lipinski definition) is 0. The summed E-state index contributed by atoms with van der Waals surface area (Å²) in [6.45, 7) is 10.5. The summed E-state index contributed by atoms with van der Waals surface area (Å²) in [4.78, 5) is 1.29. The van der Waals surface area contributed by atoms with Gasteiger partial charge in [0, 0.05) is 10.5 Å². The van der Waals surface area contributed by atoms with Gasteiger partial charge in [0.05, 0.1) is 5.75 Å². The lowest BCUT2D eigenvalue weighted by Gasteiger charge is -2.13. The van der Waals surface area contributed by atoms with E-state index in [4.69, 9.17) is 8.94 Å². The summed E-state index contributed by atoms with van der Waals surface area (Å²) < 4.78 is 11.4. The van der Waals surface area contributed by atoms with E-state index < -0.39 is 0 Å². The first-order valence-electron chi connectivity index (χ1n) is 9.50. The minimum atomic E-state index is 0.437. The molecule has 5 nitrogen and oxygen atoms in total. The molecule has 4 rings (SSSR count). The van der Waals surface area contributed by atoms with Crippen LogP contribution in [0.5, 0.6) is 0 Å². The zero-order valence-corrected chi connectivity index (χ0v) is 18.1. The Labute approximate surface area is 174 Å². The number of thioether (sulfide) groups is 1. The number of hydrogen-bond acceptors (Lipinski definition) is 6. The Morgan fingerprint density at radius 1 is 0.897 bits per heavy atom. The molecular formula is C23H23N3O2S. The van der Waals surface area contributed by atoms with Crippen molar-refractivity contribution in [3.63, 3.8) is 0 Å². The molecule has 29 heavy (non-hydrogen) atoms. The largest absolute Gasteiger partial charge is 0.420 e. The van der Waals surface area contributed by atoms with Gasteiger partial charge in [-0.1, -0.05) is 41.6 Å². The van der Waals surface area contributed by atoms with Gasteiger partial charge in [-0.3, -0.25) is 0 Å². The Bertz CT molecular complexity index is 1140. The van der Waals surface area contributed by atoms with Crippen molar-refractivity contribution in [1.82, 2.24) is 15.4 Å². The van der Waals surface area contributed by atoms with E-state index in [1.807, 2.05) is 37.3 Å². The van der Waals surface area contributed by atoms with Crippen LogP contribution in [0.4, 0.5) is 0 Å². The van der Waals surface area contributed by atoms with Gasteiger partial charge in [-0.15, -0.1) is 22.0 Å². The minimum Gasteiger partial charge on any atom is -0.420 e. The van der Waals surface area contributed by atoms with E-state index in [0.29, 0.717) is 29.0 Å². The molecule has 4 aromatic rings. The quantitative estimate of drug-likeness (QED) is 0.367. The van der Waals surface area contributed by atoms with Crippen LogP contribution in [0.1, 0.15) is 33.9 Å². The van der Waals surface area contributed by atoms with Crippen molar-refractivity contribution in [1.29, 1.82) is 0 Å². The van der Waals surface area contributed by atoms with Crippen LogP contribution in [0.15, 0.2) is 50.2 Å². The Balaban J connectivity index is 1.61. The third kappa shape index (κ3) is 3.72. The lowest BCUT2D eigenvalue weighted by Crippen LogP contribution is -1.94. The molecule has 0 amide bonds. The molecule has 2 aromatic carbocycles. The van der Waals surface area contributed by atoms with Crippen molar-refractivity contribution in [3.8, 4) is 22.7 Å². The zero-order chi connectivity index (χ0) is 20.5. The Kier molecular flexibility index (Phi) is 5.28. The molecule has 2 aromatic heterocycles. The van der Waals surface area contributed by atoms with Gasteiger partial charge < -0.3 is 8.94 Å². The Morgan fingerprint density at radius 2 is 1.59 bits per heavy atom. The highest BCUT2D eigenvalue weighted by Gasteiger charge is 2.22. The Morgan fingerprint density at radius 3 is 2.28 bits per heavy atom. The predicted octanol–water partition coefficient (Wildman–Crippen LogP) is 6.23. The van der Waals surface area contributed by atoms with Crippen LogP contribution >= 0.6 is 11.8 Å². The molecule has 0 saturated heterocycles. The average molecular weight is 406 g/mol. The fourth-order valence-corrected chi connectivity index (χ4v) is 4.50. The summed E-state index contributed by atoms with van der Waals surface area (Å²) in [6, 6.07) is 12.1. The molecule has 0 spiro atoms. The van der Waals surface area contributed by atoms with Crippen molar-refractivity contribution in [2.24, 2.45) is 0 Å². The number of benzene rings is 2.